The van der Waals surface area contributed by atoms with E-state index in [-0.39, 0.29) is 5.82 Å². The lowest BCUT2D eigenvalue weighted by atomic mass is 10.1. The lowest BCUT2D eigenvalue weighted by Crippen LogP contribution is -1.99. The Kier molecular flexibility index (Phi) is 4.39. The van der Waals surface area contributed by atoms with E-state index in [0.29, 0.717) is 11.0 Å². The van der Waals surface area contributed by atoms with Crippen LogP contribution >= 0.6 is 15.9 Å². The molecule has 13 heavy (non-hydrogen) atoms. The lowest BCUT2D eigenvalue weighted by molar-refractivity contribution is 0.617. The van der Waals surface area contributed by atoms with Gasteiger partial charge in [0.25, 0.3) is 0 Å². The van der Waals surface area contributed by atoms with Crippen molar-refractivity contribution in [2.75, 3.05) is 6.54 Å². The van der Waals surface area contributed by atoms with Crippen molar-refractivity contribution in [2.24, 2.45) is 5.73 Å². The van der Waals surface area contributed by atoms with E-state index in [1.807, 2.05) is 6.07 Å². The summed E-state index contributed by atoms with van der Waals surface area (Å²) in [6, 6.07) is 5.25. The van der Waals surface area contributed by atoms with E-state index in [1.54, 1.807) is 12.1 Å². The maximum absolute atomic E-state index is 13.0. The van der Waals surface area contributed by atoms with Gasteiger partial charge < -0.3 is 5.73 Å². The van der Waals surface area contributed by atoms with E-state index < -0.39 is 0 Å². The maximum Gasteiger partial charge on any atom is 0.137 e. The first-order valence-electron chi connectivity index (χ1n) is 4.38. The van der Waals surface area contributed by atoms with Crippen molar-refractivity contribution >= 4 is 15.9 Å². The number of hydrogen-bond donors (Lipinski definition) is 1. The minimum atomic E-state index is -0.190. The highest BCUT2D eigenvalue weighted by Crippen LogP contribution is 2.17. The van der Waals surface area contributed by atoms with E-state index in [2.05, 4.69) is 15.9 Å². The van der Waals surface area contributed by atoms with Gasteiger partial charge in [0.05, 0.1) is 4.47 Å². The second-order valence-electron chi connectivity index (χ2n) is 2.99. The Morgan fingerprint density at radius 3 is 2.69 bits per heavy atom. The van der Waals surface area contributed by atoms with Crippen LogP contribution in [0, 0.1) is 5.82 Å². The van der Waals surface area contributed by atoms with Crippen LogP contribution in [0.15, 0.2) is 22.7 Å². The molecule has 1 nitrogen and oxygen atoms in total. The second-order valence-corrected chi connectivity index (χ2v) is 3.85. The van der Waals surface area contributed by atoms with Gasteiger partial charge in [-0.15, -0.1) is 0 Å². The van der Waals surface area contributed by atoms with Crippen molar-refractivity contribution in [1.29, 1.82) is 0 Å². The van der Waals surface area contributed by atoms with E-state index >= 15 is 0 Å². The number of nitrogens with two attached hydrogens (primary N) is 1. The van der Waals surface area contributed by atoms with Crippen molar-refractivity contribution in [3.63, 3.8) is 0 Å². The second kappa shape index (κ2) is 5.35. The molecule has 0 aliphatic rings. The summed E-state index contributed by atoms with van der Waals surface area (Å²) < 4.78 is 13.5. The zero-order valence-electron chi connectivity index (χ0n) is 7.39. The van der Waals surface area contributed by atoms with Crippen molar-refractivity contribution in [1.82, 2.24) is 0 Å². The molecule has 0 radical (unpaired) electrons. The molecule has 72 valence electrons. The highest BCUT2D eigenvalue weighted by Gasteiger charge is 1.99. The predicted molar refractivity (Wildman–Crippen MR) is 56.1 cm³/mol. The highest BCUT2D eigenvalue weighted by molar-refractivity contribution is 9.10. The molecule has 0 fully saturated rings. The summed E-state index contributed by atoms with van der Waals surface area (Å²) in [5, 5.41) is 0. The molecule has 2 N–H and O–H groups in total. The molecule has 0 unspecified atom stereocenters. The molecule has 0 aromatic heterocycles. The largest absolute Gasteiger partial charge is 0.330 e. The SMILES string of the molecule is NCCCCc1ccc(Br)c(F)c1. The Labute approximate surface area is 86.3 Å². The molecule has 1 aromatic carbocycles. The van der Waals surface area contributed by atoms with Gasteiger partial charge in [0.2, 0.25) is 0 Å². The van der Waals surface area contributed by atoms with E-state index in [4.69, 9.17) is 5.73 Å². The summed E-state index contributed by atoms with van der Waals surface area (Å²) >= 11 is 3.12. The van der Waals surface area contributed by atoms with Gasteiger partial charge in [-0.2, -0.15) is 0 Å². The minimum Gasteiger partial charge on any atom is -0.330 e. The molecular formula is C10H13BrFN. The summed E-state index contributed by atoms with van der Waals surface area (Å²) in [6.07, 6.45) is 2.93. The number of benzene rings is 1. The molecule has 0 saturated carbocycles. The molecule has 0 spiro atoms. The third kappa shape index (κ3) is 3.44. The van der Waals surface area contributed by atoms with Crippen LogP contribution < -0.4 is 5.73 Å². The van der Waals surface area contributed by atoms with E-state index in [0.717, 1.165) is 24.8 Å². The number of unbranched alkanes of at least 4 members (excludes halogenated alkanes) is 1. The zero-order chi connectivity index (χ0) is 9.68. The molecule has 3 heteroatoms. The number of rotatable bonds is 4. The Hall–Kier alpha value is -0.410. The summed E-state index contributed by atoms with van der Waals surface area (Å²) in [7, 11) is 0. The molecule has 0 atom stereocenters. The number of aryl methyl sites for hydroxylation is 1. The lowest BCUT2D eigenvalue weighted by Gasteiger charge is -2.01. The van der Waals surface area contributed by atoms with Gasteiger partial charge in [-0.05, 0) is 59.4 Å². The molecule has 0 saturated heterocycles. The molecule has 0 heterocycles. The first-order chi connectivity index (χ1) is 6.24. The van der Waals surface area contributed by atoms with Crippen molar-refractivity contribution in [3.05, 3.63) is 34.1 Å². The normalized spacial score (nSPS) is 10.4. The monoisotopic (exact) mass is 245 g/mol. The fourth-order valence-electron chi connectivity index (χ4n) is 1.17. The Balaban J connectivity index is 2.53. The van der Waals surface area contributed by atoms with Crippen LogP contribution in [0.25, 0.3) is 0 Å². The van der Waals surface area contributed by atoms with Crippen LogP contribution in [0.3, 0.4) is 0 Å². The molecule has 0 aliphatic carbocycles. The van der Waals surface area contributed by atoms with Crippen LogP contribution in [-0.4, -0.2) is 6.54 Å². The Morgan fingerprint density at radius 2 is 2.08 bits per heavy atom. The van der Waals surface area contributed by atoms with Gasteiger partial charge in [0.15, 0.2) is 0 Å². The Bertz CT molecular complexity index is 276. The summed E-state index contributed by atoms with van der Waals surface area (Å²) in [5.74, 6) is -0.190. The molecule has 1 rings (SSSR count). The topological polar surface area (TPSA) is 26.0 Å². The fraction of sp³-hybridized carbons (Fsp3) is 0.400. The first-order valence-corrected chi connectivity index (χ1v) is 5.17. The average Bonchev–Trinajstić information content (AvgIpc) is 2.12. The molecule has 0 bridgehead atoms. The van der Waals surface area contributed by atoms with Gasteiger partial charge in [-0.1, -0.05) is 6.07 Å². The van der Waals surface area contributed by atoms with Crippen LogP contribution in [0.1, 0.15) is 18.4 Å². The summed E-state index contributed by atoms with van der Waals surface area (Å²) in [5.41, 5.74) is 6.40. The summed E-state index contributed by atoms with van der Waals surface area (Å²) in [6.45, 7) is 0.707. The predicted octanol–water partition coefficient (Wildman–Crippen LogP) is 2.87. The van der Waals surface area contributed by atoms with E-state index in [1.165, 1.54) is 0 Å². The number of halogens is 2. The molecular weight excluding hydrogens is 233 g/mol. The smallest absolute Gasteiger partial charge is 0.137 e. The summed E-state index contributed by atoms with van der Waals surface area (Å²) in [4.78, 5) is 0. The third-order valence-corrected chi connectivity index (χ3v) is 2.55. The van der Waals surface area contributed by atoms with Crippen molar-refractivity contribution in [2.45, 2.75) is 19.3 Å². The molecule has 1 aromatic rings. The van der Waals surface area contributed by atoms with Gasteiger partial charge >= 0.3 is 0 Å². The zero-order valence-corrected chi connectivity index (χ0v) is 8.98. The average molecular weight is 246 g/mol. The maximum atomic E-state index is 13.0. The van der Waals surface area contributed by atoms with Crippen LogP contribution in [0.4, 0.5) is 4.39 Å². The molecule has 0 aliphatic heterocycles. The van der Waals surface area contributed by atoms with Gasteiger partial charge in [-0.3, -0.25) is 0 Å². The van der Waals surface area contributed by atoms with Crippen molar-refractivity contribution in [3.8, 4) is 0 Å². The van der Waals surface area contributed by atoms with Crippen LogP contribution in [0.5, 0.6) is 0 Å². The fourth-order valence-corrected chi connectivity index (χ4v) is 1.42. The first kappa shape index (κ1) is 10.7. The molecule has 0 amide bonds. The van der Waals surface area contributed by atoms with Crippen LogP contribution in [0.2, 0.25) is 0 Å². The minimum absolute atomic E-state index is 0.190. The third-order valence-electron chi connectivity index (χ3n) is 1.90. The van der Waals surface area contributed by atoms with Crippen LogP contribution in [-0.2, 0) is 6.42 Å². The van der Waals surface area contributed by atoms with Crippen molar-refractivity contribution < 1.29 is 4.39 Å². The highest BCUT2D eigenvalue weighted by atomic mass is 79.9. The number of hydrogen-bond acceptors (Lipinski definition) is 1. The Morgan fingerprint density at radius 1 is 1.31 bits per heavy atom. The van der Waals surface area contributed by atoms with Gasteiger partial charge in [-0.25, -0.2) is 4.39 Å². The quantitative estimate of drug-likeness (QED) is 0.812. The van der Waals surface area contributed by atoms with Gasteiger partial charge in [0.1, 0.15) is 5.82 Å². The standard InChI is InChI=1S/C10H13BrFN/c11-9-5-4-8(7-10(9)12)3-1-2-6-13/h4-5,7H,1-3,6,13H2. The van der Waals surface area contributed by atoms with E-state index in [9.17, 15) is 4.39 Å². The van der Waals surface area contributed by atoms with Gasteiger partial charge in [0, 0.05) is 0 Å².